The van der Waals surface area contributed by atoms with E-state index in [1.807, 2.05) is 0 Å². The summed E-state index contributed by atoms with van der Waals surface area (Å²) in [7, 11) is 1.29. The van der Waals surface area contributed by atoms with E-state index in [-0.39, 0.29) is 16.6 Å². The molecular formula is C21H19N3O5S. The molecule has 1 atom stereocenters. The van der Waals surface area contributed by atoms with Crippen LogP contribution in [-0.4, -0.2) is 39.3 Å². The highest BCUT2D eigenvalue weighted by atomic mass is 32.2. The van der Waals surface area contributed by atoms with Crippen LogP contribution < -0.4 is 10.9 Å². The number of amides is 1. The first-order valence-corrected chi connectivity index (χ1v) is 9.81. The van der Waals surface area contributed by atoms with Gasteiger partial charge >= 0.3 is 5.97 Å². The largest absolute Gasteiger partial charge is 0.493 e. The van der Waals surface area contributed by atoms with Crippen LogP contribution in [-0.2, 0) is 9.53 Å². The number of esters is 1. The van der Waals surface area contributed by atoms with Gasteiger partial charge in [-0.05, 0) is 36.8 Å². The molecule has 0 bridgehead atoms. The molecule has 0 spiro atoms. The number of rotatable bonds is 6. The van der Waals surface area contributed by atoms with E-state index in [1.165, 1.54) is 7.11 Å². The number of hydrogen-bond acceptors (Lipinski definition) is 7. The Kier molecular flexibility index (Phi) is 6.53. The van der Waals surface area contributed by atoms with Crippen molar-refractivity contribution in [1.82, 2.24) is 9.97 Å². The Labute approximate surface area is 176 Å². The molecule has 2 aromatic carbocycles. The third-order valence-corrected chi connectivity index (χ3v) is 5.16. The van der Waals surface area contributed by atoms with Crippen LogP contribution in [0.3, 0.4) is 0 Å². The first kappa shape index (κ1) is 21.1. The van der Waals surface area contributed by atoms with Crippen molar-refractivity contribution >= 4 is 29.3 Å². The molecule has 0 aliphatic rings. The van der Waals surface area contributed by atoms with Crippen molar-refractivity contribution in [2.75, 3.05) is 12.4 Å². The lowest BCUT2D eigenvalue weighted by atomic mass is 10.1. The molecule has 30 heavy (non-hydrogen) atoms. The van der Waals surface area contributed by atoms with E-state index in [9.17, 15) is 19.5 Å². The fraction of sp³-hybridized carbons (Fsp3) is 0.143. The van der Waals surface area contributed by atoms with Crippen molar-refractivity contribution in [3.05, 3.63) is 70.5 Å². The summed E-state index contributed by atoms with van der Waals surface area (Å²) in [6, 6.07) is 14.9. The maximum Gasteiger partial charge on any atom is 0.337 e. The number of aromatic hydroxyl groups is 1. The Bertz CT molecular complexity index is 1110. The van der Waals surface area contributed by atoms with E-state index < -0.39 is 22.7 Å². The van der Waals surface area contributed by atoms with Crippen LogP contribution in [0.15, 0.2) is 64.5 Å². The Balaban J connectivity index is 1.69. The predicted molar refractivity (Wildman–Crippen MR) is 114 cm³/mol. The maximum atomic E-state index is 12.4. The van der Waals surface area contributed by atoms with Crippen molar-refractivity contribution in [3.63, 3.8) is 0 Å². The number of H-pyrrole nitrogens is 1. The number of aromatic nitrogens is 2. The van der Waals surface area contributed by atoms with E-state index >= 15 is 0 Å². The summed E-state index contributed by atoms with van der Waals surface area (Å²) in [5.74, 6) is -1.20. The number of carbonyl (C=O) groups is 2. The summed E-state index contributed by atoms with van der Waals surface area (Å²) in [4.78, 5) is 42.9. The van der Waals surface area contributed by atoms with Gasteiger partial charge in [-0.2, -0.15) is 4.98 Å². The number of thioether (sulfide) groups is 1. The fourth-order valence-electron chi connectivity index (χ4n) is 2.63. The minimum absolute atomic E-state index is 0.0720. The van der Waals surface area contributed by atoms with Crippen LogP contribution >= 0.6 is 11.8 Å². The molecule has 1 unspecified atom stereocenters. The smallest absolute Gasteiger partial charge is 0.337 e. The number of anilines is 1. The second kappa shape index (κ2) is 9.27. The highest BCUT2D eigenvalue weighted by Crippen LogP contribution is 2.27. The van der Waals surface area contributed by atoms with Gasteiger partial charge in [0.1, 0.15) is 5.56 Å². The van der Waals surface area contributed by atoms with Gasteiger partial charge in [0.05, 0.1) is 17.9 Å². The monoisotopic (exact) mass is 425 g/mol. The zero-order valence-electron chi connectivity index (χ0n) is 16.2. The van der Waals surface area contributed by atoms with Gasteiger partial charge in [0.15, 0.2) is 5.16 Å². The summed E-state index contributed by atoms with van der Waals surface area (Å²) in [6.07, 6.45) is 0. The lowest BCUT2D eigenvalue weighted by Crippen LogP contribution is -2.23. The molecule has 3 rings (SSSR count). The van der Waals surface area contributed by atoms with Gasteiger partial charge in [0.2, 0.25) is 11.8 Å². The molecule has 9 heteroatoms. The summed E-state index contributed by atoms with van der Waals surface area (Å²) < 4.78 is 4.63. The first-order valence-electron chi connectivity index (χ1n) is 8.93. The zero-order valence-corrected chi connectivity index (χ0v) is 17.0. The zero-order chi connectivity index (χ0) is 21.7. The molecule has 1 aromatic heterocycles. The van der Waals surface area contributed by atoms with Gasteiger partial charge in [-0.1, -0.05) is 42.1 Å². The third-order valence-electron chi connectivity index (χ3n) is 4.17. The number of carbonyl (C=O) groups excluding carboxylic acids is 2. The van der Waals surface area contributed by atoms with Gasteiger partial charge in [-0.3, -0.25) is 9.59 Å². The predicted octanol–water partition coefficient (Wildman–Crippen LogP) is 3.05. The summed E-state index contributed by atoms with van der Waals surface area (Å²) in [6.45, 7) is 1.64. The molecule has 0 fully saturated rings. The molecule has 1 heterocycles. The van der Waals surface area contributed by atoms with Crippen LogP contribution in [0, 0.1) is 0 Å². The van der Waals surface area contributed by atoms with E-state index in [4.69, 9.17) is 0 Å². The van der Waals surface area contributed by atoms with Gasteiger partial charge in [0, 0.05) is 5.69 Å². The molecule has 0 saturated heterocycles. The second-order valence-corrected chi connectivity index (χ2v) is 7.58. The highest BCUT2D eigenvalue weighted by Gasteiger charge is 2.19. The summed E-state index contributed by atoms with van der Waals surface area (Å²) in [5.41, 5.74) is 0.990. The number of ether oxygens (including phenoxy) is 1. The van der Waals surface area contributed by atoms with Crippen LogP contribution in [0.25, 0.3) is 11.1 Å². The van der Waals surface area contributed by atoms with E-state index in [0.29, 0.717) is 16.8 Å². The number of nitrogens with zero attached hydrogens (tertiary/aromatic N) is 1. The molecule has 0 aliphatic carbocycles. The Hall–Kier alpha value is -3.59. The van der Waals surface area contributed by atoms with Crippen molar-refractivity contribution in [2.24, 2.45) is 0 Å². The molecule has 3 N–H and O–H groups in total. The molecule has 154 valence electrons. The van der Waals surface area contributed by atoms with E-state index in [2.05, 4.69) is 20.0 Å². The topological polar surface area (TPSA) is 121 Å². The molecule has 8 nitrogen and oxygen atoms in total. The van der Waals surface area contributed by atoms with Gasteiger partial charge in [-0.15, -0.1) is 0 Å². The molecule has 3 aromatic rings. The Morgan fingerprint density at radius 3 is 2.40 bits per heavy atom. The van der Waals surface area contributed by atoms with E-state index in [0.717, 1.165) is 11.8 Å². The van der Waals surface area contributed by atoms with E-state index in [1.54, 1.807) is 61.5 Å². The summed E-state index contributed by atoms with van der Waals surface area (Å²) >= 11 is 1.00. The average Bonchev–Trinajstić information content (AvgIpc) is 2.74. The lowest BCUT2D eigenvalue weighted by molar-refractivity contribution is -0.115. The van der Waals surface area contributed by atoms with Crippen LogP contribution in [0.1, 0.15) is 17.3 Å². The van der Waals surface area contributed by atoms with Crippen molar-refractivity contribution < 1.29 is 19.4 Å². The maximum absolute atomic E-state index is 12.4. The van der Waals surface area contributed by atoms with Crippen LogP contribution in [0.4, 0.5) is 5.69 Å². The second-order valence-electron chi connectivity index (χ2n) is 6.25. The van der Waals surface area contributed by atoms with Crippen molar-refractivity contribution in [3.8, 4) is 17.0 Å². The molecule has 0 aliphatic heterocycles. The van der Waals surface area contributed by atoms with Crippen LogP contribution in [0.5, 0.6) is 5.88 Å². The number of aromatic amines is 1. The molecule has 0 radical (unpaired) electrons. The third kappa shape index (κ3) is 4.87. The first-order chi connectivity index (χ1) is 14.4. The van der Waals surface area contributed by atoms with Crippen molar-refractivity contribution in [1.29, 1.82) is 0 Å². The normalized spacial score (nSPS) is 11.5. The quantitative estimate of drug-likeness (QED) is 0.315. The van der Waals surface area contributed by atoms with Gasteiger partial charge in [0.25, 0.3) is 5.56 Å². The molecular weight excluding hydrogens is 406 g/mol. The number of methoxy groups -OCH3 is 1. The molecule has 0 saturated carbocycles. The molecule has 1 amide bonds. The SMILES string of the molecule is COC(=O)c1ccc(NC(=O)C(C)Sc2nc(O)c(-c3ccccc3)c(=O)[nH]2)cc1. The Morgan fingerprint density at radius 2 is 1.80 bits per heavy atom. The number of hydrogen-bond donors (Lipinski definition) is 3. The minimum atomic E-state index is -0.615. The fourth-order valence-corrected chi connectivity index (χ4v) is 3.43. The summed E-state index contributed by atoms with van der Waals surface area (Å²) in [5, 5.41) is 12.4. The van der Waals surface area contributed by atoms with Crippen molar-refractivity contribution in [2.45, 2.75) is 17.3 Å². The Morgan fingerprint density at radius 1 is 1.13 bits per heavy atom. The minimum Gasteiger partial charge on any atom is -0.493 e. The van der Waals surface area contributed by atoms with Crippen LogP contribution in [0.2, 0.25) is 0 Å². The lowest BCUT2D eigenvalue weighted by Gasteiger charge is -2.12. The van der Waals surface area contributed by atoms with Gasteiger partial charge in [-0.25, -0.2) is 4.79 Å². The number of benzene rings is 2. The standard InChI is InChI=1S/C21H19N3O5S/c1-12(17(25)22-15-10-8-14(9-11-15)20(28)29-2)30-21-23-18(26)16(19(27)24-21)13-6-4-3-5-7-13/h3-12H,1-2H3,(H,22,25)(H2,23,24,26,27). The highest BCUT2D eigenvalue weighted by molar-refractivity contribution is 8.00. The number of nitrogens with one attached hydrogen (secondary N) is 2. The average molecular weight is 425 g/mol. The van der Waals surface area contributed by atoms with Gasteiger partial charge < -0.3 is 20.1 Å².